The van der Waals surface area contributed by atoms with Gasteiger partial charge in [-0.1, -0.05) is 29.4 Å². The number of halogens is 1. The van der Waals surface area contributed by atoms with E-state index in [0.717, 1.165) is 5.56 Å². The first kappa shape index (κ1) is 23.7. The highest BCUT2D eigenvalue weighted by Gasteiger charge is 2.42. The van der Waals surface area contributed by atoms with Gasteiger partial charge in [0.05, 0.1) is 42.5 Å². The maximum absolute atomic E-state index is 12.7. The number of sulfone groups is 1. The molecule has 0 aliphatic carbocycles. The van der Waals surface area contributed by atoms with Gasteiger partial charge in [0.2, 0.25) is 0 Å². The lowest BCUT2D eigenvalue weighted by Crippen LogP contribution is -2.25. The fourth-order valence-electron chi connectivity index (χ4n) is 3.75. The van der Waals surface area contributed by atoms with Gasteiger partial charge in [-0.25, -0.2) is 8.42 Å². The molecule has 0 spiro atoms. The van der Waals surface area contributed by atoms with Gasteiger partial charge in [-0.15, -0.1) is 0 Å². The number of hydrogen-bond acceptors (Lipinski definition) is 8. The highest BCUT2D eigenvalue weighted by Crippen LogP contribution is 2.35. The van der Waals surface area contributed by atoms with Crippen molar-refractivity contribution in [3.8, 4) is 11.5 Å². The number of fused-ring (bicyclic) bond motifs is 1. The van der Waals surface area contributed by atoms with Crippen molar-refractivity contribution in [3.05, 3.63) is 52.5 Å². The van der Waals surface area contributed by atoms with E-state index in [2.05, 4.69) is 15.6 Å². The normalized spacial score (nSPS) is 20.6. The van der Waals surface area contributed by atoms with Crippen LogP contribution in [0.5, 0.6) is 11.5 Å². The summed E-state index contributed by atoms with van der Waals surface area (Å²) < 4.78 is 34.0. The third kappa shape index (κ3) is 5.56. The molecule has 2 aromatic carbocycles. The second-order valence-corrected chi connectivity index (χ2v) is 11.5. The number of benzene rings is 2. The summed E-state index contributed by atoms with van der Waals surface area (Å²) in [6.45, 7) is 0.445. The number of carbonyl (C=O) groups is 1. The van der Waals surface area contributed by atoms with Crippen LogP contribution in [0.15, 0.2) is 41.4 Å². The minimum atomic E-state index is -3.01. The van der Waals surface area contributed by atoms with Gasteiger partial charge >= 0.3 is 0 Å². The average molecular weight is 510 g/mol. The number of carbonyl (C=O) groups excluding carboxylic acids is 1. The number of thioether (sulfide) groups is 1. The number of nitrogens with one attached hydrogen (secondary N) is 2. The summed E-state index contributed by atoms with van der Waals surface area (Å²) in [6.07, 6.45) is 0.629. The van der Waals surface area contributed by atoms with Gasteiger partial charge in [-0.05, 0) is 42.3 Å². The predicted molar refractivity (Wildman–Crippen MR) is 132 cm³/mol. The monoisotopic (exact) mass is 509 g/mol. The molecule has 33 heavy (non-hydrogen) atoms. The van der Waals surface area contributed by atoms with Crippen molar-refractivity contribution in [1.82, 2.24) is 5.32 Å². The molecule has 1 saturated heterocycles. The number of amidine groups is 1. The number of hydrogen-bond donors (Lipinski definition) is 2. The number of methoxy groups -OCH3 is 2. The molecule has 0 radical (unpaired) electrons. The van der Waals surface area contributed by atoms with E-state index in [1.807, 2.05) is 18.2 Å². The van der Waals surface area contributed by atoms with Crippen molar-refractivity contribution in [1.29, 1.82) is 0 Å². The van der Waals surface area contributed by atoms with Gasteiger partial charge in [0, 0.05) is 17.4 Å². The van der Waals surface area contributed by atoms with E-state index in [9.17, 15) is 13.2 Å². The van der Waals surface area contributed by atoms with Crippen LogP contribution in [0.3, 0.4) is 0 Å². The summed E-state index contributed by atoms with van der Waals surface area (Å²) in [7, 11) is 0.155. The van der Waals surface area contributed by atoms with Crippen LogP contribution >= 0.6 is 23.4 Å². The minimum absolute atomic E-state index is 0.0701. The van der Waals surface area contributed by atoms with Crippen LogP contribution in [-0.4, -0.2) is 63.1 Å². The van der Waals surface area contributed by atoms with Gasteiger partial charge in [0.25, 0.3) is 5.91 Å². The summed E-state index contributed by atoms with van der Waals surface area (Å²) in [5.74, 6) is 1.28. The molecular formula is C22H24ClN3O5S2. The van der Waals surface area contributed by atoms with E-state index in [4.69, 9.17) is 21.1 Å². The first-order chi connectivity index (χ1) is 15.8. The lowest BCUT2D eigenvalue weighted by Gasteiger charge is -2.12. The Bertz CT molecular complexity index is 1200. The molecule has 0 bridgehead atoms. The number of nitrogens with zero attached hydrogens (tertiary/aromatic N) is 1. The molecule has 2 aromatic rings. The van der Waals surface area contributed by atoms with Gasteiger partial charge in [-0.3, -0.25) is 9.79 Å². The molecule has 2 unspecified atom stereocenters. The van der Waals surface area contributed by atoms with Crippen LogP contribution in [0.2, 0.25) is 5.02 Å². The highest BCUT2D eigenvalue weighted by atomic mass is 35.5. The molecule has 2 N–H and O–H groups in total. The topological polar surface area (TPSA) is 106 Å². The summed E-state index contributed by atoms with van der Waals surface area (Å²) in [6, 6.07) is 10.4. The van der Waals surface area contributed by atoms with Crippen LogP contribution in [0.4, 0.5) is 5.69 Å². The quantitative estimate of drug-likeness (QED) is 0.591. The second-order valence-electron chi connectivity index (χ2n) is 7.75. The highest BCUT2D eigenvalue weighted by molar-refractivity contribution is 8.15. The molecule has 2 aliphatic rings. The maximum atomic E-state index is 12.7. The Morgan fingerprint density at radius 1 is 1.15 bits per heavy atom. The van der Waals surface area contributed by atoms with Gasteiger partial charge in [0.1, 0.15) is 0 Å². The van der Waals surface area contributed by atoms with Gasteiger partial charge in [0.15, 0.2) is 26.5 Å². The molecule has 176 valence electrons. The zero-order valence-corrected chi connectivity index (χ0v) is 20.5. The van der Waals surface area contributed by atoms with Crippen LogP contribution in [0.1, 0.15) is 15.9 Å². The van der Waals surface area contributed by atoms with Crippen molar-refractivity contribution in [2.45, 2.75) is 17.7 Å². The third-order valence-electron chi connectivity index (χ3n) is 5.44. The maximum Gasteiger partial charge on any atom is 0.251 e. The molecule has 0 aromatic heterocycles. The van der Waals surface area contributed by atoms with Crippen LogP contribution < -0.4 is 20.1 Å². The second kappa shape index (κ2) is 9.82. The van der Waals surface area contributed by atoms with E-state index in [1.54, 1.807) is 32.4 Å². The molecule has 2 atom stereocenters. The molecule has 2 aliphatic heterocycles. The largest absolute Gasteiger partial charge is 0.493 e. The first-order valence-corrected chi connectivity index (χ1v) is 13.4. The van der Waals surface area contributed by atoms with Crippen molar-refractivity contribution >= 4 is 50.0 Å². The summed E-state index contributed by atoms with van der Waals surface area (Å²) in [4.78, 5) is 17.1. The molecule has 1 fully saturated rings. The number of amides is 1. The molecule has 4 rings (SSSR count). The fraction of sp³-hybridized carbons (Fsp3) is 0.364. The Balaban J connectivity index is 1.36. The smallest absolute Gasteiger partial charge is 0.251 e. The third-order valence-corrected chi connectivity index (χ3v) is 8.91. The standard InChI is InChI=1S/C22H24ClN3O5S2/c1-30-18-6-3-13(9-19(18)31-2)7-8-24-21(27)14-4-5-15(23)16(10-14)25-22-26-17-11-33(28,29)12-20(17)32-22/h3-6,9-10,17,20H,7-8,11-12H2,1-2H3,(H,24,27)(H,25,26). The summed E-state index contributed by atoms with van der Waals surface area (Å²) in [5, 5.41) is 7.05. The van der Waals surface area contributed by atoms with E-state index >= 15 is 0 Å². The minimum Gasteiger partial charge on any atom is -0.493 e. The summed E-state index contributed by atoms with van der Waals surface area (Å²) in [5.41, 5.74) is 2.02. The average Bonchev–Trinajstić information content (AvgIpc) is 3.27. The first-order valence-electron chi connectivity index (χ1n) is 10.3. The van der Waals surface area contributed by atoms with Crippen LogP contribution in [0, 0.1) is 0 Å². The number of ether oxygens (including phenoxy) is 2. The Morgan fingerprint density at radius 3 is 2.67 bits per heavy atom. The molecule has 11 heteroatoms. The van der Waals surface area contributed by atoms with E-state index in [-0.39, 0.29) is 28.7 Å². The number of rotatable bonds is 7. The van der Waals surface area contributed by atoms with E-state index in [1.165, 1.54) is 11.8 Å². The predicted octanol–water partition coefficient (Wildman–Crippen LogP) is 3.01. The number of aliphatic imine (C=N–C) groups is 1. The lowest BCUT2D eigenvalue weighted by atomic mass is 10.1. The Labute approximate surface area is 202 Å². The molecule has 1 amide bonds. The SMILES string of the molecule is COc1ccc(CCNC(=O)c2ccc(Cl)c(NC3=NC4CS(=O)(=O)CC4S3)c2)cc1OC. The number of anilines is 1. The zero-order valence-electron chi connectivity index (χ0n) is 18.1. The molecule has 8 nitrogen and oxygen atoms in total. The van der Waals surface area contributed by atoms with Crippen molar-refractivity contribution in [3.63, 3.8) is 0 Å². The molecule has 0 saturated carbocycles. The lowest BCUT2D eigenvalue weighted by molar-refractivity contribution is 0.0954. The molecular weight excluding hydrogens is 486 g/mol. The van der Waals surface area contributed by atoms with Crippen LogP contribution in [-0.2, 0) is 16.3 Å². The Morgan fingerprint density at radius 2 is 1.94 bits per heavy atom. The summed E-state index contributed by atoms with van der Waals surface area (Å²) >= 11 is 7.71. The Kier molecular flexibility index (Phi) is 7.06. The van der Waals surface area contributed by atoms with Crippen LogP contribution in [0.25, 0.3) is 0 Å². The Hall–Kier alpha value is -2.43. The van der Waals surface area contributed by atoms with Gasteiger partial charge < -0.3 is 20.1 Å². The van der Waals surface area contributed by atoms with Crippen molar-refractivity contribution in [2.75, 3.05) is 37.6 Å². The van der Waals surface area contributed by atoms with Crippen molar-refractivity contribution in [2.24, 2.45) is 4.99 Å². The zero-order chi connectivity index (χ0) is 23.6. The van der Waals surface area contributed by atoms with Gasteiger partial charge in [-0.2, -0.15) is 0 Å². The fourth-order valence-corrected chi connectivity index (χ4v) is 7.58. The van der Waals surface area contributed by atoms with Crippen molar-refractivity contribution < 1.29 is 22.7 Å². The molecule has 2 heterocycles. The van der Waals surface area contributed by atoms with E-state index < -0.39 is 9.84 Å². The van der Waals surface area contributed by atoms with E-state index in [0.29, 0.717) is 45.9 Å².